The highest BCUT2D eigenvalue weighted by Crippen LogP contribution is 2.35. The number of pyridine rings is 1. The zero-order valence-electron chi connectivity index (χ0n) is 19.2. The SMILES string of the molecule is CCC(C)N1C(=O)C(=Cc2c(N3CCN(CCO)CC3)nc3ccc(C)cn3c2=O)SC1=S. The van der Waals surface area contributed by atoms with Gasteiger partial charge in [-0.25, -0.2) is 4.98 Å². The van der Waals surface area contributed by atoms with Crippen LogP contribution in [0.5, 0.6) is 0 Å². The average molecular weight is 488 g/mol. The van der Waals surface area contributed by atoms with Gasteiger partial charge < -0.3 is 10.0 Å². The topological polar surface area (TPSA) is 81.4 Å². The van der Waals surface area contributed by atoms with E-state index < -0.39 is 0 Å². The Balaban J connectivity index is 1.79. The van der Waals surface area contributed by atoms with Gasteiger partial charge in [0.15, 0.2) is 0 Å². The first-order valence-electron chi connectivity index (χ1n) is 11.2. The van der Waals surface area contributed by atoms with E-state index in [1.807, 2.05) is 32.9 Å². The number of aliphatic hydroxyl groups excluding tert-OH is 1. The van der Waals surface area contributed by atoms with Crippen molar-refractivity contribution < 1.29 is 9.90 Å². The van der Waals surface area contributed by atoms with Crippen LogP contribution in [0.25, 0.3) is 11.7 Å². The molecule has 1 unspecified atom stereocenters. The number of fused-ring (bicyclic) bond motifs is 1. The monoisotopic (exact) mass is 487 g/mol. The Morgan fingerprint density at radius 3 is 2.64 bits per heavy atom. The fourth-order valence-corrected chi connectivity index (χ4v) is 5.56. The molecule has 2 aliphatic rings. The van der Waals surface area contributed by atoms with E-state index in [1.165, 1.54) is 11.8 Å². The normalized spacial score (nSPS) is 19.8. The third kappa shape index (κ3) is 4.70. The van der Waals surface area contributed by atoms with Gasteiger partial charge in [-0.1, -0.05) is 37.0 Å². The summed E-state index contributed by atoms with van der Waals surface area (Å²) >= 11 is 6.71. The highest BCUT2D eigenvalue weighted by molar-refractivity contribution is 8.26. The molecule has 2 aliphatic heterocycles. The van der Waals surface area contributed by atoms with Crippen LogP contribution in [-0.2, 0) is 4.79 Å². The van der Waals surface area contributed by atoms with Crippen LogP contribution >= 0.6 is 24.0 Å². The van der Waals surface area contributed by atoms with Crippen molar-refractivity contribution in [1.29, 1.82) is 0 Å². The summed E-state index contributed by atoms with van der Waals surface area (Å²) in [5.74, 6) is 0.424. The van der Waals surface area contributed by atoms with Gasteiger partial charge in [0.25, 0.3) is 11.5 Å². The van der Waals surface area contributed by atoms with Crippen molar-refractivity contribution in [2.24, 2.45) is 0 Å². The van der Waals surface area contributed by atoms with E-state index in [4.69, 9.17) is 17.2 Å². The van der Waals surface area contributed by atoms with Crippen molar-refractivity contribution in [2.45, 2.75) is 33.2 Å². The molecule has 1 atom stereocenters. The van der Waals surface area contributed by atoms with Gasteiger partial charge >= 0.3 is 0 Å². The minimum atomic E-state index is -0.203. The highest BCUT2D eigenvalue weighted by Gasteiger charge is 2.35. The van der Waals surface area contributed by atoms with Crippen molar-refractivity contribution in [3.63, 3.8) is 0 Å². The second kappa shape index (κ2) is 9.92. The summed E-state index contributed by atoms with van der Waals surface area (Å²) in [6.45, 7) is 9.58. The summed E-state index contributed by atoms with van der Waals surface area (Å²) in [5.41, 5.74) is 1.72. The van der Waals surface area contributed by atoms with Crippen LogP contribution in [0.3, 0.4) is 0 Å². The van der Waals surface area contributed by atoms with Gasteiger partial charge in [-0.3, -0.25) is 23.8 Å². The first kappa shape index (κ1) is 23.9. The maximum Gasteiger partial charge on any atom is 0.267 e. The Bertz CT molecular complexity index is 1170. The van der Waals surface area contributed by atoms with Crippen molar-refractivity contribution in [3.05, 3.63) is 44.7 Å². The maximum absolute atomic E-state index is 13.6. The van der Waals surface area contributed by atoms with Gasteiger partial charge in [0.05, 0.1) is 17.1 Å². The van der Waals surface area contributed by atoms with Crippen molar-refractivity contribution >= 4 is 51.7 Å². The molecule has 2 aromatic rings. The summed E-state index contributed by atoms with van der Waals surface area (Å²) in [6, 6.07) is 3.77. The Labute approximate surface area is 202 Å². The fraction of sp³-hybridized carbons (Fsp3) is 0.478. The Morgan fingerprint density at radius 1 is 1.24 bits per heavy atom. The lowest BCUT2D eigenvalue weighted by atomic mass is 10.2. The summed E-state index contributed by atoms with van der Waals surface area (Å²) < 4.78 is 2.06. The van der Waals surface area contributed by atoms with E-state index >= 15 is 0 Å². The number of β-amino-alcohol motifs (C(OH)–C–C–N with tert-alkyl or cyclic N) is 1. The number of carbonyl (C=O) groups is 1. The number of amides is 1. The summed E-state index contributed by atoms with van der Waals surface area (Å²) in [6.07, 6.45) is 4.24. The molecule has 0 spiro atoms. The van der Waals surface area contributed by atoms with E-state index in [0.717, 1.165) is 25.1 Å². The molecule has 4 heterocycles. The Morgan fingerprint density at radius 2 is 1.97 bits per heavy atom. The first-order valence-corrected chi connectivity index (χ1v) is 12.4. The number of anilines is 1. The number of hydrogen-bond acceptors (Lipinski definition) is 8. The first-order chi connectivity index (χ1) is 15.8. The van der Waals surface area contributed by atoms with Crippen LogP contribution in [-0.4, -0.2) is 79.9 Å². The molecule has 0 radical (unpaired) electrons. The van der Waals surface area contributed by atoms with Gasteiger partial charge in [0, 0.05) is 45.0 Å². The predicted octanol–water partition coefficient (Wildman–Crippen LogP) is 2.12. The number of aromatic nitrogens is 2. The third-order valence-electron chi connectivity index (χ3n) is 6.20. The molecule has 0 saturated carbocycles. The van der Waals surface area contributed by atoms with E-state index in [2.05, 4.69) is 9.80 Å². The number of aliphatic hydroxyl groups is 1. The van der Waals surface area contributed by atoms with Gasteiger partial charge in [-0.2, -0.15) is 0 Å². The molecule has 8 nitrogen and oxygen atoms in total. The molecule has 4 rings (SSSR count). The predicted molar refractivity (Wildman–Crippen MR) is 137 cm³/mol. The summed E-state index contributed by atoms with van der Waals surface area (Å²) in [5, 5.41) is 9.24. The fourth-order valence-electron chi connectivity index (χ4n) is 4.11. The summed E-state index contributed by atoms with van der Waals surface area (Å²) in [7, 11) is 0. The van der Waals surface area contributed by atoms with Crippen LogP contribution in [0.1, 0.15) is 31.4 Å². The number of rotatable bonds is 6. The molecule has 2 saturated heterocycles. The minimum absolute atomic E-state index is 0.000878. The standard InChI is InChI=1S/C23H29N5O3S2/c1-4-16(3)28-22(31)18(33-23(28)32)13-17-20(26-9-7-25(8-10-26)11-12-29)24-19-6-5-15(2)14-27(19)21(17)30/h5-6,13-14,16,29H,4,7-12H2,1-3H3. The minimum Gasteiger partial charge on any atom is -0.395 e. The number of thiocarbonyl (C=S) groups is 1. The van der Waals surface area contributed by atoms with Gasteiger partial charge in [-0.15, -0.1) is 0 Å². The zero-order valence-corrected chi connectivity index (χ0v) is 20.8. The van der Waals surface area contributed by atoms with E-state index in [1.54, 1.807) is 21.6 Å². The van der Waals surface area contributed by atoms with Crippen molar-refractivity contribution in [2.75, 3.05) is 44.2 Å². The molecule has 176 valence electrons. The molecule has 2 aromatic heterocycles. The Kier molecular flexibility index (Phi) is 7.18. The molecule has 1 N–H and O–H groups in total. The number of hydrogen-bond donors (Lipinski definition) is 1. The number of aryl methyl sites for hydroxylation is 1. The van der Waals surface area contributed by atoms with Gasteiger partial charge in [0.1, 0.15) is 15.8 Å². The van der Waals surface area contributed by atoms with Crippen molar-refractivity contribution in [3.8, 4) is 0 Å². The molecule has 33 heavy (non-hydrogen) atoms. The number of nitrogens with zero attached hydrogens (tertiary/aromatic N) is 5. The molecular weight excluding hydrogens is 458 g/mol. The Hall–Kier alpha value is -2.27. The lowest BCUT2D eigenvalue weighted by Gasteiger charge is -2.35. The van der Waals surface area contributed by atoms with Crippen LogP contribution in [0.15, 0.2) is 28.0 Å². The molecule has 1 amide bonds. The maximum atomic E-state index is 13.6. The number of thioether (sulfide) groups is 1. The van der Waals surface area contributed by atoms with Gasteiger partial charge in [0.2, 0.25) is 0 Å². The average Bonchev–Trinajstić information content (AvgIpc) is 3.09. The van der Waals surface area contributed by atoms with Gasteiger partial charge in [-0.05, 0) is 38.0 Å². The number of piperazine rings is 1. The second-order valence-electron chi connectivity index (χ2n) is 8.45. The second-order valence-corrected chi connectivity index (χ2v) is 10.1. The molecule has 2 fully saturated rings. The molecule has 10 heteroatoms. The third-order valence-corrected chi connectivity index (χ3v) is 7.53. The highest BCUT2D eigenvalue weighted by atomic mass is 32.2. The summed E-state index contributed by atoms with van der Waals surface area (Å²) in [4.78, 5) is 37.9. The van der Waals surface area contributed by atoms with Crippen LogP contribution in [0.4, 0.5) is 5.82 Å². The number of carbonyl (C=O) groups excluding carboxylic acids is 1. The lowest BCUT2D eigenvalue weighted by molar-refractivity contribution is -0.123. The zero-order chi connectivity index (χ0) is 23.7. The van der Waals surface area contributed by atoms with E-state index in [-0.39, 0.29) is 24.1 Å². The molecule has 0 aliphatic carbocycles. The van der Waals surface area contributed by atoms with Crippen LogP contribution in [0.2, 0.25) is 0 Å². The van der Waals surface area contributed by atoms with Crippen molar-refractivity contribution in [1.82, 2.24) is 19.2 Å². The van der Waals surface area contributed by atoms with E-state index in [9.17, 15) is 14.7 Å². The molecule has 0 aromatic carbocycles. The largest absolute Gasteiger partial charge is 0.395 e. The molecular formula is C23H29N5O3S2. The quantitative estimate of drug-likeness (QED) is 0.490. The lowest BCUT2D eigenvalue weighted by Crippen LogP contribution is -2.48. The van der Waals surface area contributed by atoms with Crippen LogP contribution in [0, 0.1) is 6.92 Å². The smallest absolute Gasteiger partial charge is 0.267 e. The van der Waals surface area contributed by atoms with Crippen LogP contribution < -0.4 is 10.5 Å². The van der Waals surface area contributed by atoms with E-state index in [0.29, 0.717) is 45.9 Å². The molecule has 0 bridgehead atoms.